The van der Waals surface area contributed by atoms with E-state index in [0.717, 1.165) is 4.90 Å². The lowest BCUT2D eigenvalue weighted by Gasteiger charge is -1.99. The van der Waals surface area contributed by atoms with Gasteiger partial charge < -0.3 is 4.42 Å². The van der Waals surface area contributed by atoms with Gasteiger partial charge in [0.2, 0.25) is 0 Å². The summed E-state index contributed by atoms with van der Waals surface area (Å²) in [4.78, 5) is 20.3. The molecule has 16 heavy (non-hydrogen) atoms. The zero-order chi connectivity index (χ0) is 11.4. The summed E-state index contributed by atoms with van der Waals surface area (Å²) >= 11 is 1.37. The molecule has 2 aromatic heterocycles. The molecule has 0 radical (unpaired) electrons. The minimum atomic E-state index is 0.0488. The second-order valence-corrected chi connectivity index (χ2v) is 4.08. The largest absolute Gasteiger partial charge is 0.440 e. The number of ketones is 1. The molecule has 0 unspecified atom stereocenters. The fourth-order valence-electron chi connectivity index (χ4n) is 1.15. The van der Waals surface area contributed by atoms with E-state index in [9.17, 15) is 4.79 Å². The van der Waals surface area contributed by atoms with Crippen molar-refractivity contribution in [2.75, 3.05) is 0 Å². The minimum Gasteiger partial charge on any atom is -0.440 e. The van der Waals surface area contributed by atoms with E-state index in [1.807, 2.05) is 13.0 Å². The quantitative estimate of drug-likeness (QED) is 0.761. The molecule has 0 aliphatic carbocycles. The first-order chi connectivity index (χ1) is 7.79. The van der Waals surface area contributed by atoms with E-state index >= 15 is 0 Å². The third-order valence-electron chi connectivity index (χ3n) is 1.96. The first kappa shape index (κ1) is 10.9. The van der Waals surface area contributed by atoms with Gasteiger partial charge in [-0.2, -0.15) is 0 Å². The second kappa shape index (κ2) is 4.94. The fourth-order valence-corrected chi connectivity index (χ4v) is 1.81. The molecule has 0 saturated heterocycles. The predicted molar refractivity (Wildman–Crippen MR) is 59.5 cm³/mol. The summed E-state index contributed by atoms with van der Waals surface area (Å²) in [5, 5.41) is 0.566. The first-order valence-electron chi connectivity index (χ1n) is 4.86. The number of aromatic nitrogens is 2. The molecule has 0 spiro atoms. The van der Waals surface area contributed by atoms with E-state index in [0.29, 0.717) is 17.3 Å². The standard InChI is InChI=1S/C11H10N2O2S/c1-2-10(14)9-4-3-8(7-13-9)16-11-12-5-6-15-11/h3-7H,2H2,1H3. The Morgan fingerprint density at radius 1 is 1.44 bits per heavy atom. The molecule has 0 atom stereocenters. The lowest BCUT2D eigenvalue weighted by Crippen LogP contribution is -1.99. The van der Waals surface area contributed by atoms with Crippen molar-refractivity contribution in [3.63, 3.8) is 0 Å². The zero-order valence-corrected chi connectivity index (χ0v) is 9.53. The molecule has 2 rings (SSSR count). The van der Waals surface area contributed by atoms with Gasteiger partial charge in [0.05, 0.1) is 6.20 Å². The molecule has 82 valence electrons. The molecule has 5 heteroatoms. The molecule has 0 amide bonds. The van der Waals surface area contributed by atoms with Crippen LogP contribution in [-0.4, -0.2) is 15.8 Å². The lowest BCUT2D eigenvalue weighted by molar-refractivity contribution is 0.0983. The maximum absolute atomic E-state index is 11.3. The Morgan fingerprint density at radius 2 is 2.31 bits per heavy atom. The maximum atomic E-state index is 11.3. The van der Waals surface area contributed by atoms with E-state index in [1.54, 1.807) is 18.5 Å². The highest BCUT2D eigenvalue weighted by Crippen LogP contribution is 2.25. The van der Waals surface area contributed by atoms with Crippen molar-refractivity contribution in [1.82, 2.24) is 9.97 Å². The Kier molecular flexibility index (Phi) is 3.36. The number of carbonyl (C=O) groups is 1. The summed E-state index contributed by atoms with van der Waals surface area (Å²) in [7, 11) is 0. The van der Waals surface area contributed by atoms with E-state index in [2.05, 4.69) is 9.97 Å². The lowest BCUT2D eigenvalue weighted by atomic mass is 10.2. The molecule has 0 saturated carbocycles. The Hall–Kier alpha value is -1.62. The highest BCUT2D eigenvalue weighted by molar-refractivity contribution is 7.99. The Labute approximate surface area is 97.1 Å². The molecule has 2 heterocycles. The van der Waals surface area contributed by atoms with Crippen LogP contribution in [0.4, 0.5) is 0 Å². The predicted octanol–water partition coefficient (Wildman–Crippen LogP) is 2.81. The average molecular weight is 234 g/mol. The van der Waals surface area contributed by atoms with Crippen molar-refractivity contribution in [3.05, 3.63) is 36.5 Å². The Balaban J connectivity index is 2.10. The summed E-state index contributed by atoms with van der Waals surface area (Å²) < 4.78 is 5.09. The number of nitrogens with zero attached hydrogens (tertiary/aromatic N) is 2. The minimum absolute atomic E-state index is 0.0488. The monoisotopic (exact) mass is 234 g/mol. The van der Waals surface area contributed by atoms with Crippen LogP contribution >= 0.6 is 11.8 Å². The van der Waals surface area contributed by atoms with Crippen molar-refractivity contribution in [3.8, 4) is 0 Å². The van der Waals surface area contributed by atoms with Gasteiger partial charge in [0.15, 0.2) is 5.78 Å². The number of oxazole rings is 1. The summed E-state index contributed by atoms with van der Waals surface area (Å²) in [6.45, 7) is 1.82. The van der Waals surface area contributed by atoms with Crippen molar-refractivity contribution < 1.29 is 9.21 Å². The van der Waals surface area contributed by atoms with Crippen LogP contribution < -0.4 is 0 Å². The van der Waals surface area contributed by atoms with E-state index in [-0.39, 0.29) is 5.78 Å². The summed E-state index contributed by atoms with van der Waals surface area (Å²) in [5.41, 5.74) is 0.499. The van der Waals surface area contributed by atoms with Gasteiger partial charge >= 0.3 is 0 Å². The highest BCUT2D eigenvalue weighted by atomic mass is 32.2. The van der Waals surface area contributed by atoms with Gasteiger partial charge in [-0.1, -0.05) is 6.92 Å². The average Bonchev–Trinajstić information content (AvgIpc) is 2.82. The summed E-state index contributed by atoms with van der Waals surface area (Å²) in [6, 6.07) is 3.56. The van der Waals surface area contributed by atoms with Crippen LogP contribution in [0, 0.1) is 0 Å². The van der Waals surface area contributed by atoms with Gasteiger partial charge in [-0.05, 0) is 23.9 Å². The molecule has 0 bridgehead atoms. The van der Waals surface area contributed by atoms with Crippen LogP contribution in [0.5, 0.6) is 0 Å². The van der Waals surface area contributed by atoms with Crippen molar-refractivity contribution in [2.45, 2.75) is 23.5 Å². The Bertz CT molecular complexity index is 465. The van der Waals surface area contributed by atoms with E-state index in [4.69, 9.17) is 4.42 Å². The van der Waals surface area contributed by atoms with Crippen LogP contribution in [0.15, 0.2) is 45.3 Å². The van der Waals surface area contributed by atoms with E-state index < -0.39 is 0 Å². The molecular weight excluding hydrogens is 224 g/mol. The smallest absolute Gasteiger partial charge is 0.260 e. The van der Waals surface area contributed by atoms with Gasteiger partial charge in [-0.15, -0.1) is 0 Å². The number of carbonyl (C=O) groups excluding carboxylic acids is 1. The third kappa shape index (κ3) is 2.49. The number of hydrogen-bond acceptors (Lipinski definition) is 5. The summed E-state index contributed by atoms with van der Waals surface area (Å²) in [6.07, 6.45) is 5.23. The molecule has 0 aliphatic heterocycles. The van der Waals surface area contributed by atoms with E-state index in [1.165, 1.54) is 18.0 Å². The van der Waals surface area contributed by atoms with Crippen LogP contribution in [0.1, 0.15) is 23.8 Å². The van der Waals surface area contributed by atoms with Gasteiger partial charge in [-0.25, -0.2) is 4.98 Å². The topological polar surface area (TPSA) is 56.0 Å². The number of Topliss-reactive ketones (excluding diaryl/α,β-unsaturated/α-hetero) is 1. The molecule has 0 fully saturated rings. The SMILES string of the molecule is CCC(=O)c1ccc(Sc2ncco2)cn1. The number of hydrogen-bond donors (Lipinski definition) is 0. The van der Waals surface area contributed by atoms with Crippen LogP contribution in [0.25, 0.3) is 0 Å². The zero-order valence-electron chi connectivity index (χ0n) is 8.71. The molecule has 0 aliphatic rings. The van der Waals surface area contributed by atoms with Gasteiger partial charge in [-0.3, -0.25) is 9.78 Å². The molecule has 0 N–H and O–H groups in total. The molecule has 2 aromatic rings. The molecule has 0 aromatic carbocycles. The van der Waals surface area contributed by atoms with Crippen molar-refractivity contribution in [1.29, 1.82) is 0 Å². The van der Waals surface area contributed by atoms with Gasteiger partial charge in [0, 0.05) is 17.5 Å². The fraction of sp³-hybridized carbons (Fsp3) is 0.182. The van der Waals surface area contributed by atoms with Crippen LogP contribution in [0.3, 0.4) is 0 Å². The normalized spacial score (nSPS) is 10.3. The van der Waals surface area contributed by atoms with Gasteiger partial charge in [0.25, 0.3) is 5.22 Å². The van der Waals surface area contributed by atoms with Gasteiger partial charge in [0.1, 0.15) is 12.0 Å². The third-order valence-corrected chi connectivity index (χ3v) is 2.81. The molecular formula is C11H10N2O2S. The maximum Gasteiger partial charge on any atom is 0.260 e. The highest BCUT2D eigenvalue weighted by Gasteiger charge is 2.06. The van der Waals surface area contributed by atoms with Crippen molar-refractivity contribution >= 4 is 17.5 Å². The Morgan fingerprint density at radius 3 is 2.88 bits per heavy atom. The van der Waals surface area contributed by atoms with Crippen molar-refractivity contribution in [2.24, 2.45) is 0 Å². The van der Waals surface area contributed by atoms with Crippen LogP contribution in [0.2, 0.25) is 0 Å². The van der Waals surface area contributed by atoms with Crippen LogP contribution in [-0.2, 0) is 0 Å². The summed E-state index contributed by atoms with van der Waals surface area (Å²) in [5.74, 6) is 0.0488. The number of rotatable bonds is 4. The number of pyridine rings is 1. The second-order valence-electron chi connectivity index (χ2n) is 3.06. The first-order valence-corrected chi connectivity index (χ1v) is 5.68. The molecule has 4 nitrogen and oxygen atoms in total.